The first kappa shape index (κ1) is 15.8. The molecule has 0 saturated heterocycles. The van der Waals surface area contributed by atoms with E-state index in [0.29, 0.717) is 6.04 Å². The summed E-state index contributed by atoms with van der Waals surface area (Å²) in [5.41, 5.74) is -0.507. The first-order chi connectivity index (χ1) is 9.53. The Morgan fingerprint density at radius 3 is 2.55 bits per heavy atom. The number of hydrogen-bond donors (Lipinski definition) is 1. The van der Waals surface area contributed by atoms with Crippen molar-refractivity contribution in [1.29, 1.82) is 0 Å². The fourth-order valence-corrected chi connectivity index (χ4v) is 3.05. The Bertz CT molecular complexity index is 326. The van der Waals surface area contributed by atoms with Crippen LogP contribution in [0.25, 0.3) is 0 Å². The molecule has 2 saturated carbocycles. The first-order valence-corrected chi connectivity index (χ1v) is 8.08. The lowest BCUT2D eigenvalue weighted by molar-refractivity contribution is -0.148. The van der Waals surface area contributed by atoms with Gasteiger partial charge in [-0.15, -0.1) is 0 Å². The molecule has 2 aliphatic rings. The Hall–Kier alpha value is -0.610. The average molecular weight is 282 g/mol. The van der Waals surface area contributed by atoms with E-state index in [4.69, 9.17) is 4.74 Å². The van der Waals surface area contributed by atoms with E-state index in [2.05, 4.69) is 17.3 Å². The van der Waals surface area contributed by atoms with E-state index < -0.39 is 5.54 Å². The van der Waals surface area contributed by atoms with Crippen LogP contribution >= 0.6 is 0 Å². The number of hydrogen-bond acceptors (Lipinski definition) is 4. The van der Waals surface area contributed by atoms with Gasteiger partial charge in [-0.05, 0) is 65.0 Å². The highest BCUT2D eigenvalue weighted by atomic mass is 16.5. The number of carbonyl (C=O) groups excluding carboxylic acids is 1. The van der Waals surface area contributed by atoms with Crippen molar-refractivity contribution in [3.8, 4) is 0 Å². The van der Waals surface area contributed by atoms with Crippen LogP contribution in [0.4, 0.5) is 0 Å². The van der Waals surface area contributed by atoms with E-state index >= 15 is 0 Å². The summed E-state index contributed by atoms with van der Waals surface area (Å²) < 4.78 is 4.98. The van der Waals surface area contributed by atoms with E-state index in [1.807, 2.05) is 6.92 Å². The van der Waals surface area contributed by atoms with Crippen molar-refractivity contribution in [2.45, 2.75) is 63.5 Å². The van der Waals surface area contributed by atoms with Gasteiger partial charge in [0.25, 0.3) is 0 Å². The van der Waals surface area contributed by atoms with Crippen molar-refractivity contribution in [2.24, 2.45) is 5.92 Å². The van der Waals surface area contributed by atoms with Gasteiger partial charge in [0.15, 0.2) is 0 Å². The predicted octanol–water partition coefficient (Wildman–Crippen LogP) is 2.18. The number of esters is 1. The molecule has 0 spiro atoms. The van der Waals surface area contributed by atoms with Gasteiger partial charge in [0.05, 0.1) is 7.11 Å². The molecule has 1 atom stereocenters. The Kier molecular flexibility index (Phi) is 5.44. The summed E-state index contributed by atoms with van der Waals surface area (Å²) in [5.74, 6) is 0.794. The van der Waals surface area contributed by atoms with Gasteiger partial charge in [0.1, 0.15) is 5.54 Å². The molecule has 0 aliphatic heterocycles. The molecule has 20 heavy (non-hydrogen) atoms. The SMILES string of the molecule is COC(=O)C(C)(CCCN(C)CC1CCC1)NC1CC1. The first-order valence-electron chi connectivity index (χ1n) is 8.08. The lowest BCUT2D eigenvalue weighted by atomic mass is 9.85. The maximum absolute atomic E-state index is 12.0. The fraction of sp³-hybridized carbons (Fsp3) is 0.938. The molecule has 1 N–H and O–H groups in total. The van der Waals surface area contributed by atoms with E-state index in [-0.39, 0.29) is 5.97 Å². The third-order valence-corrected chi connectivity index (χ3v) is 4.75. The van der Waals surface area contributed by atoms with Crippen molar-refractivity contribution in [3.05, 3.63) is 0 Å². The molecular formula is C16H30N2O2. The Balaban J connectivity index is 1.71. The maximum Gasteiger partial charge on any atom is 0.325 e. The topological polar surface area (TPSA) is 41.6 Å². The van der Waals surface area contributed by atoms with Crippen LogP contribution < -0.4 is 5.32 Å². The summed E-state index contributed by atoms with van der Waals surface area (Å²) in [7, 11) is 3.68. The Morgan fingerprint density at radius 2 is 2.05 bits per heavy atom. The normalized spacial score (nSPS) is 22.4. The third kappa shape index (κ3) is 4.45. The minimum atomic E-state index is -0.507. The van der Waals surface area contributed by atoms with Crippen LogP contribution in [0.2, 0.25) is 0 Å². The number of carbonyl (C=O) groups is 1. The van der Waals surface area contributed by atoms with Gasteiger partial charge in [-0.1, -0.05) is 6.42 Å². The van der Waals surface area contributed by atoms with Crippen LogP contribution in [-0.2, 0) is 9.53 Å². The largest absolute Gasteiger partial charge is 0.468 e. The zero-order valence-corrected chi connectivity index (χ0v) is 13.3. The molecule has 0 bridgehead atoms. The second-order valence-corrected chi connectivity index (χ2v) is 6.91. The van der Waals surface area contributed by atoms with E-state index in [1.165, 1.54) is 45.8 Å². The smallest absolute Gasteiger partial charge is 0.325 e. The third-order valence-electron chi connectivity index (χ3n) is 4.75. The zero-order valence-electron chi connectivity index (χ0n) is 13.3. The van der Waals surface area contributed by atoms with Crippen molar-refractivity contribution in [1.82, 2.24) is 10.2 Å². The number of ether oxygens (including phenoxy) is 1. The quantitative estimate of drug-likeness (QED) is 0.658. The van der Waals surface area contributed by atoms with E-state index in [1.54, 1.807) is 0 Å². The molecule has 0 amide bonds. The lowest BCUT2D eigenvalue weighted by Crippen LogP contribution is -2.51. The molecule has 2 aliphatic carbocycles. The van der Waals surface area contributed by atoms with Gasteiger partial charge >= 0.3 is 5.97 Å². The van der Waals surface area contributed by atoms with E-state index in [9.17, 15) is 4.79 Å². The predicted molar refractivity (Wildman–Crippen MR) is 80.7 cm³/mol. The summed E-state index contributed by atoms with van der Waals surface area (Å²) in [4.78, 5) is 14.4. The fourth-order valence-electron chi connectivity index (χ4n) is 3.05. The molecule has 0 aromatic carbocycles. The van der Waals surface area contributed by atoms with Gasteiger partial charge in [-0.3, -0.25) is 10.1 Å². The Labute approximate surface area is 123 Å². The molecule has 4 heteroatoms. The number of methoxy groups -OCH3 is 1. The van der Waals surface area contributed by atoms with Gasteiger partial charge < -0.3 is 9.64 Å². The lowest BCUT2D eigenvalue weighted by Gasteiger charge is -2.32. The van der Waals surface area contributed by atoms with Crippen LogP contribution in [0.5, 0.6) is 0 Å². The molecule has 0 radical (unpaired) electrons. The van der Waals surface area contributed by atoms with Crippen molar-refractivity contribution >= 4 is 5.97 Å². The highest BCUT2D eigenvalue weighted by Crippen LogP contribution is 2.28. The van der Waals surface area contributed by atoms with Crippen molar-refractivity contribution in [2.75, 3.05) is 27.2 Å². The molecule has 0 heterocycles. The molecule has 0 aromatic heterocycles. The van der Waals surface area contributed by atoms with Gasteiger partial charge in [0, 0.05) is 12.6 Å². The minimum absolute atomic E-state index is 0.119. The number of nitrogens with zero attached hydrogens (tertiary/aromatic N) is 1. The molecular weight excluding hydrogens is 252 g/mol. The van der Waals surface area contributed by atoms with Crippen LogP contribution in [0.15, 0.2) is 0 Å². The van der Waals surface area contributed by atoms with Crippen molar-refractivity contribution in [3.63, 3.8) is 0 Å². The molecule has 1 unspecified atom stereocenters. The summed E-state index contributed by atoms with van der Waals surface area (Å²) in [6, 6.07) is 0.520. The van der Waals surface area contributed by atoms with Crippen LogP contribution in [0.1, 0.15) is 51.9 Å². The molecule has 2 fully saturated rings. The second kappa shape index (κ2) is 6.90. The molecule has 116 valence electrons. The van der Waals surface area contributed by atoms with Crippen LogP contribution in [0.3, 0.4) is 0 Å². The molecule has 0 aromatic rings. The monoisotopic (exact) mass is 282 g/mol. The second-order valence-electron chi connectivity index (χ2n) is 6.91. The van der Waals surface area contributed by atoms with Gasteiger partial charge in [-0.2, -0.15) is 0 Å². The number of nitrogens with one attached hydrogen (secondary N) is 1. The van der Waals surface area contributed by atoms with Gasteiger partial charge in [-0.25, -0.2) is 0 Å². The highest BCUT2D eigenvalue weighted by molar-refractivity contribution is 5.80. The zero-order chi connectivity index (χ0) is 14.6. The number of rotatable bonds is 9. The summed E-state index contributed by atoms with van der Waals surface area (Å²) in [6.07, 6.45) is 8.47. The molecule has 4 nitrogen and oxygen atoms in total. The van der Waals surface area contributed by atoms with E-state index in [0.717, 1.165) is 25.3 Å². The average Bonchev–Trinajstić information content (AvgIpc) is 3.16. The summed E-state index contributed by atoms with van der Waals surface area (Å²) in [6.45, 7) is 4.27. The summed E-state index contributed by atoms with van der Waals surface area (Å²) >= 11 is 0. The van der Waals surface area contributed by atoms with Gasteiger partial charge in [0.2, 0.25) is 0 Å². The van der Waals surface area contributed by atoms with Crippen LogP contribution in [-0.4, -0.2) is 49.7 Å². The summed E-state index contributed by atoms with van der Waals surface area (Å²) in [5, 5.41) is 3.46. The maximum atomic E-state index is 12.0. The Morgan fingerprint density at radius 1 is 1.35 bits per heavy atom. The minimum Gasteiger partial charge on any atom is -0.468 e. The standard InChI is InChI=1S/C16H30N2O2/c1-16(15(19)20-3,17-14-8-9-14)10-5-11-18(2)12-13-6-4-7-13/h13-14,17H,4-12H2,1-3H3. The van der Waals surface area contributed by atoms with Crippen LogP contribution in [0, 0.1) is 5.92 Å². The molecule has 2 rings (SSSR count). The highest BCUT2D eigenvalue weighted by Gasteiger charge is 2.38. The van der Waals surface area contributed by atoms with Crippen molar-refractivity contribution < 1.29 is 9.53 Å².